The van der Waals surface area contributed by atoms with Crippen molar-refractivity contribution in [2.75, 3.05) is 33.3 Å². The molecule has 1 aromatic carbocycles. The summed E-state index contributed by atoms with van der Waals surface area (Å²) in [4.78, 5) is 18.6. The van der Waals surface area contributed by atoms with Crippen LogP contribution in [0.4, 0.5) is 4.79 Å². The van der Waals surface area contributed by atoms with Gasteiger partial charge in [0.05, 0.1) is 12.6 Å². The third-order valence-corrected chi connectivity index (χ3v) is 5.01. The van der Waals surface area contributed by atoms with Crippen LogP contribution in [0.25, 0.3) is 0 Å². The van der Waals surface area contributed by atoms with E-state index in [1.165, 1.54) is 5.56 Å². The Morgan fingerprint density at radius 1 is 1.31 bits per heavy atom. The van der Waals surface area contributed by atoms with Gasteiger partial charge in [0.1, 0.15) is 11.4 Å². The Kier molecular flexibility index (Phi) is 8.42. The number of halogens is 1. The van der Waals surface area contributed by atoms with Gasteiger partial charge in [-0.3, -0.25) is 4.99 Å². The van der Waals surface area contributed by atoms with Crippen molar-refractivity contribution in [3.63, 3.8) is 0 Å². The zero-order valence-electron chi connectivity index (χ0n) is 17.7. The van der Waals surface area contributed by atoms with Gasteiger partial charge < -0.3 is 25.0 Å². The average Bonchev–Trinajstić information content (AvgIpc) is 3.09. The first-order chi connectivity index (χ1) is 13.4. The smallest absolute Gasteiger partial charge is 0.407 e. The molecule has 1 fully saturated rings. The van der Waals surface area contributed by atoms with Gasteiger partial charge in [0.2, 0.25) is 0 Å². The molecule has 0 aromatic heterocycles. The maximum Gasteiger partial charge on any atom is 0.407 e. The summed E-state index contributed by atoms with van der Waals surface area (Å²) in [6.07, 6.45) is 1.50. The maximum absolute atomic E-state index is 12.0. The fraction of sp³-hybridized carbons (Fsp3) is 0.619. The summed E-state index contributed by atoms with van der Waals surface area (Å²) >= 11 is 0. The van der Waals surface area contributed by atoms with Crippen LogP contribution in [0.5, 0.6) is 5.75 Å². The van der Waals surface area contributed by atoms with Crippen molar-refractivity contribution in [3.8, 4) is 5.75 Å². The second-order valence-corrected chi connectivity index (χ2v) is 8.38. The SMILES string of the molecule is CN=C(NCC1CCOc2ccccc21)N1CCC(NC(=O)OC(C)(C)C)C1.I. The lowest BCUT2D eigenvalue weighted by Crippen LogP contribution is -2.45. The van der Waals surface area contributed by atoms with Crippen molar-refractivity contribution in [1.82, 2.24) is 15.5 Å². The molecule has 0 spiro atoms. The van der Waals surface area contributed by atoms with Gasteiger partial charge in [0.25, 0.3) is 0 Å². The van der Waals surface area contributed by atoms with E-state index in [4.69, 9.17) is 9.47 Å². The van der Waals surface area contributed by atoms with Crippen molar-refractivity contribution >= 4 is 36.0 Å². The first-order valence-corrected chi connectivity index (χ1v) is 10.0. The first-order valence-electron chi connectivity index (χ1n) is 10.0. The predicted octanol–water partition coefficient (Wildman–Crippen LogP) is 3.35. The number of nitrogens with one attached hydrogen (secondary N) is 2. The van der Waals surface area contributed by atoms with Gasteiger partial charge in [-0.25, -0.2) is 4.79 Å². The highest BCUT2D eigenvalue weighted by Gasteiger charge is 2.28. The number of alkyl carbamates (subject to hydrolysis) is 1. The summed E-state index contributed by atoms with van der Waals surface area (Å²) in [7, 11) is 1.80. The van der Waals surface area contributed by atoms with Crippen molar-refractivity contribution in [3.05, 3.63) is 29.8 Å². The molecule has 2 heterocycles. The number of carbonyl (C=O) groups is 1. The fourth-order valence-electron chi connectivity index (χ4n) is 3.72. The first kappa shape index (κ1) is 23.6. The number of fused-ring (bicyclic) bond motifs is 1. The van der Waals surface area contributed by atoms with Crippen LogP contribution in [0, 0.1) is 0 Å². The number of ether oxygens (including phenoxy) is 2. The lowest BCUT2D eigenvalue weighted by Gasteiger charge is -2.28. The molecule has 0 radical (unpaired) electrons. The highest BCUT2D eigenvalue weighted by Crippen LogP contribution is 2.32. The highest BCUT2D eigenvalue weighted by atomic mass is 127. The van der Waals surface area contributed by atoms with Crippen LogP contribution < -0.4 is 15.4 Å². The standard InChI is InChI=1S/C21H32N4O3.HI/c1-21(2,3)28-20(26)24-16-9-11-25(14-16)19(22-4)23-13-15-10-12-27-18-8-6-5-7-17(15)18;/h5-8,15-16H,9-14H2,1-4H3,(H,22,23)(H,24,26);1H. The van der Waals surface area contributed by atoms with E-state index in [0.29, 0.717) is 5.92 Å². The van der Waals surface area contributed by atoms with Crippen molar-refractivity contribution in [2.24, 2.45) is 4.99 Å². The molecule has 1 amide bonds. The molecule has 2 aliphatic heterocycles. The van der Waals surface area contributed by atoms with Crippen LogP contribution in [-0.4, -0.2) is 61.9 Å². The zero-order chi connectivity index (χ0) is 20.1. The molecule has 3 rings (SSSR count). The summed E-state index contributed by atoms with van der Waals surface area (Å²) in [5.41, 5.74) is 0.766. The number of hydrogen-bond donors (Lipinski definition) is 2. The van der Waals surface area contributed by atoms with Crippen LogP contribution in [0.2, 0.25) is 0 Å². The number of guanidine groups is 1. The zero-order valence-corrected chi connectivity index (χ0v) is 20.1. The molecule has 29 heavy (non-hydrogen) atoms. The minimum atomic E-state index is -0.486. The molecule has 0 saturated carbocycles. The van der Waals surface area contributed by atoms with Crippen molar-refractivity contribution in [1.29, 1.82) is 0 Å². The van der Waals surface area contributed by atoms with Gasteiger partial charge >= 0.3 is 6.09 Å². The van der Waals surface area contributed by atoms with Crippen molar-refractivity contribution in [2.45, 2.75) is 51.2 Å². The lowest BCUT2D eigenvalue weighted by molar-refractivity contribution is 0.0507. The monoisotopic (exact) mass is 516 g/mol. The number of carbonyl (C=O) groups excluding carboxylic acids is 1. The number of hydrogen-bond acceptors (Lipinski definition) is 4. The molecule has 1 aromatic rings. The van der Waals surface area contributed by atoms with E-state index in [-0.39, 0.29) is 36.1 Å². The molecule has 2 aliphatic rings. The summed E-state index contributed by atoms with van der Waals surface area (Å²) in [5.74, 6) is 2.26. The summed E-state index contributed by atoms with van der Waals surface area (Å²) in [6, 6.07) is 8.31. The number of aliphatic imine (C=N–C) groups is 1. The molecular formula is C21H33IN4O3. The Hall–Kier alpha value is -1.71. The largest absolute Gasteiger partial charge is 0.493 e. The van der Waals surface area contributed by atoms with Gasteiger partial charge in [-0.2, -0.15) is 0 Å². The number of likely N-dealkylation sites (tertiary alicyclic amines) is 1. The summed E-state index contributed by atoms with van der Waals surface area (Å²) in [5, 5.41) is 6.47. The molecule has 2 unspecified atom stereocenters. The Labute approximate surface area is 190 Å². The Morgan fingerprint density at radius 3 is 2.79 bits per heavy atom. The van der Waals surface area contributed by atoms with Gasteiger partial charge in [-0.15, -0.1) is 24.0 Å². The Morgan fingerprint density at radius 2 is 2.07 bits per heavy atom. The summed E-state index contributed by atoms with van der Waals surface area (Å²) in [6.45, 7) is 8.74. The molecule has 2 N–H and O–H groups in total. The van der Waals surface area contributed by atoms with E-state index in [0.717, 1.165) is 50.8 Å². The minimum absolute atomic E-state index is 0. The number of nitrogens with zero attached hydrogens (tertiary/aromatic N) is 2. The normalized spacial score (nSPS) is 21.5. The molecule has 1 saturated heterocycles. The summed E-state index contributed by atoms with van der Waals surface area (Å²) < 4.78 is 11.1. The third-order valence-electron chi connectivity index (χ3n) is 5.01. The van der Waals surface area contributed by atoms with E-state index >= 15 is 0 Å². The van der Waals surface area contributed by atoms with E-state index in [1.807, 2.05) is 32.9 Å². The van der Waals surface area contributed by atoms with Crippen molar-refractivity contribution < 1.29 is 14.3 Å². The minimum Gasteiger partial charge on any atom is -0.493 e. The number of amides is 1. The van der Waals surface area contributed by atoms with E-state index in [9.17, 15) is 4.79 Å². The second kappa shape index (κ2) is 10.4. The number of rotatable bonds is 3. The van der Waals surface area contributed by atoms with E-state index in [1.54, 1.807) is 7.05 Å². The number of para-hydroxylation sites is 1. The average molecular weight is 516 g/mol. The Balaban J connectivity index is 0.00000300. The van der Waals surface area contributed by atoms with E-state index in [2.05, 4.69) is 32.7 Å². The molecule has 162 valence electrons. The second-order valence-electron chi connectivity index (χ2n) is 8.38. The Bertz CT molecular complexity index is 720. The quantitative estimate of drug-likeness (QED) is 0.366. The van der Waals surface area contributed by atoms with Gasteiger partial charge in [0.15, 0.2) is 5.96 Å². The molecule has 7 nitrogen and oxygen atoms in total. The van der Waals surface area contributed by atoms with Crippen LogP contribution >= 0.6 is 24.0 Å². The molecule has 0 bridgehead atoms. The van der Waals surface area contributed by atoms with E-state index < -0.39 is 5.60 Å². The van der Waals surface area contributed by atoms with Crippen LogP contribution in [0.15, 0.2) is 29.3 Å². The number of benzene rings is 1. The van der Waals surface area contributed by atoms with Gasteiger partial charge in [-0.05, 0) is 45.2 Å². The molecule has 2 atom stereocenters. The topological polar surface area (TPSA) is 75.2 Å². The molecular weight excluding hydrogens is 483 g/mol. The third kappa shape index (κ3) is 6.65. The van der Waals surface area contributed by atoms with Crippen LogP contribution in [0.1, 0.15) is 45.1 Å². The van der Waals surface area contributed by atoms with Crippen LogP contribution in [0.3, 0.4) is 0 Å². The molecule has 8 heteroatoms. The predicted molar refractivity (Wildman–Crippen MR) is 125 cm³/mol. The van der Waals surface area contributed by atoms with Gasteiger partial charge in [0, 0.05) is 32.6 Å². The van der Waals surface area contributed by atoms with Gasteiger partial charge in [-0.1, -0.05) is 18.2 Å². The lowest BCUT2D eigenvalue weighted by atomic mass is 9.93. The highest BCUT2D eigenvalue weighted by molar-refractivity contribution is 14.0. The molecule has 0 aliphatic carbocycles. The van der Waals surface area contributed by atoms with Crippen LogP contribution in [-0.2, 0) is 4.74 Å². The maximum atomic E-state index is 12.0. The fourth-order valence-corrected chi connectivity index (χ4v) is 3.72.